The second kappa shape index (κ2) is 6.22. The van der Waals surface area contributed by atoms with Gasteiger partial charge >= 0.3 is 0 Å². The predicted molar refractivity (Wildman–Crippen MR) is 80.9 cm³/mol. The topological polar surface area (TPSA) is 97.2 Å². The van der Waals surface area contributed by atoms with Gasteiger partial charge in [-0.15, -0.1) is 0 Å². The summed E-state index contributed by atoms with van der Waals surface area (Å²) in [6.07, 6.45) is 7.33. The van der Waals surface area contributed by atoms with Gasteiger partial charge in [0.05, 0.1) is 37.2 Å². The fraction of sp³-hybridized carbons (Fsp3) is 0.357. The zero-order valence-corrected chi connectivity index (χ0v) is 12.2. The molecule has 0 unspecified atom stereocenters. The van der Waals surface area contributed by atoms with Crippen molar-refractivity contribution in [3.8, 4) is 6.07 Å². The maximum absolute atomic E-state index is 8.69. The van der Waals surface area contributed by atoms with Crippen molar-refractivity contribution >= 4 is 16.9 Å². The van der Waals surface area contributed by atoms with E-state index in [-0.39, 0.29) is 6.04 Å². The number of hydrogen-bond acceptors (Lipinski definition) is 6. The van der Waals surface area contributed by atoms with Crippen LogP contribution in [-0.2, 0) is 13.1 Å². The van der Waals surface area contributed by atoms with Crippen molar-refractivity contribution in [3.63, 3.8) is 0 Å². The standard InChI is InChI=1S/C14H16N8/c1-11(9-21-6-3-5-18-21)20-13-12-8-19-22(7-2-4-15)14(12)17-10-16-13/h3,5-6,8,10-11H,2,7,9H2,1H3,(H,16,17,20)/t11-/m1/s1. The quantitative estimate of drug-likeness (QED) is 0.739. The summed E-state index contributed by atoms with van der Waals surface area (Å²) in [6, 6.07) is 4.16. The molecule has 0 amide bonds. The Morgan fingerprint density at radius 1 is 1.36 bits per heavy atom. The fourth-order valence-electron chi connectivity index (χ4n) is 2.30. The summed E-state index contributed by atoms with van der Waals surface area (Å²) in [6.45, 7) is 3.33. The van der Waals surface area contributed by atoms with E-state index in [1.807, 2.05) is 16.9 Å². The third-order valence-electron chi connectivity index (χ3n) is 3.27. The number of rotatable bonds is 6. The first-order valence-corrected chi connectivity index (χ1v) is 7.05. The number of aryl methyl sites for hydroxylation is 1. The van der Waals surface area contributed by atoms with Gasteiger partial charge in [-0.1, -0.05) is 0 Å². The molecule has 3 rings (SSSR count). The van der Waals surface area contributed by atoms with Crippen LogP contribution in [-0.4, -0.2) is 35.6 Å². The van der Waals surface area contributed by atoms with Crippen LogP contribution in [0, 0.1) is 11.3 Å². The van der Waals surface area contributed by atoms with Crippen molar-refractivity contribution < 1.29 is 0 Å². The summed E-state index contributed by atoms with van der Waals surface area (Å²) < 4.78 is 3.59. The van der Waals surface area contributed by atoms with E-state index in [1.54, 1.807) is 17.1 Å². The molecule has 0 spiro atoms. The van der Waals surface area contributed by atoms with Crippen molar-refractivity contribution in [1.29, 1.82) is 5.26 Å². The summed E-state index contributed by atoms with van der Waals surface area (Å²) in [7, 11) is 0. The summed E-state index contributed by atoms with van der Waals surface area (Å²) >= 11 is 0. The highest BCUT2D eigenvalue weighted by atomic mass is 15.3. The Balaban J connectivity index is 1.79. The predicted octanol–water partition coefficient (Wildman–Crippen LogP) is 1.44. The lowest BCUT2D eigenvalue weighted by Gasteiger charge is -2.14. The molecular weight excluding hydrogens is 280 g/mol. The molecule has 1 atom stereocenters. The highest BCUT2D eigenvalue weighted by Crippen LogP contribution is 2.19. The highest BCUT2D eigenvalue weighted by Gasteiger charge is 2.12. The Labute approximate surface area is 127 Å². The van der Waals surface area contributed by atoms with E-state index in [0.717, 1.165) is 23.4 Å². The van der Waals surface area contributed by atoms with Crippen LogP contribution >= 0.6 is 0 Å². The smallest absolute Gasteiger partial charge is 0.163 e. The van der Waals surface area contributed by atoms with E-state index in [2.05, 4.69) is 38.5 Å². The molecule has 0 aliphatic heterocycles. The average molecular weight is 296 g/mol. The van der Waals surface area contributed by atoms with Crippen LogP contribution in [0.2, 0.25) is 0 Å². The van der Waals surface area contributed by atoms with Gasteiger partial charge in [0.15, 0.2) is 5.65 Å². The van der Waals surface area contributed by atoms with E-state index < -0.39 is 0 Å². The van der Waals surface area contributed by atoms with Crippen LogP contribution in [0.5, 0.6) is 0 Å². The van der Waals surface area contributed by atoms with Gasteiger partial charge in [-0.25, -0.2) is 14.6 Å². The third-order valence-corrected chi connectivity index (χ3v) is 3.27. The van der Waals surface area contributed by atoms with E-state index in [0.29, 0.717) is 13.0 Å². The number of nitrogens with zero attached hydrogens (tertiary/aromatic N) is 7. The lowest BCUT2D eigenvalue weighted by Crippen LogP contribution is -2.23. The lowest BCUT2D eigenvalue weighted by molar-refractivity contribution is 0.560. The van der Waals surface area contributed by atoms with Crippen LogP contribution < -0.4 is 5.32 Å². The molecule has 1 N–H and O–H groups in total. The summed E-state index contributed by atoms with van der Waals surface area (Å²) in [5.41, 5.74) is 0.735. The maximum atomic E-state index is 8.69. The van der Waals surface area contributed by atoms with Crippen molar-refractivity contribution in [1.82, 2.24) is 29.5 Å². The van der Waals surface area contributed by atoms with Gasteiger partial charge in [0.1, 0.15) is 12.1 Å². The van der Waals surface area contributed by atoms with Gasteiger partial charge in [0, 0.05) is 18.4 Å². The van der Waals surface area contributed by atoms with E-state index in [9.17, 15) is 0 Å². The SMILES string of the molecule is C[C@H](Cn1cccn1)Nc1ncnc2c1cnn2CCC#N. The molecule has 112 valence electrons. The van der Waals surface area contributed by atoms with Crippen molar-refractivity contribution in [2.24, 2.45) is 0 Å². The van der Waals surface area contributed by atoms with E-state index >= 15 is 0 Å². The van der Waals surface area contributed by atoms with Gasteiger partial charge in [0.25, 0.3) is 0 Å². The molecule has 8 nitrogen and oxygen atoms in total. The molecule has 0 fully saturated rings. The Morgan fingerprint density at radius 2 is 2.27 bits per heavy atom. The Hall–Kier alpha value is -2.95. The first kappa shape index (κ1) is 14.0. The van der Waals surface area contributed by atoms with Crippen LogP contribution in [0.15, 0.2) is 31.0 Å². The molecule has 3 heterocycles. The maximum Gasteiger partial charge on any atom is 0.163 e. The molecule has 8 heteroatoms. The third kappa shape index (κ3) is 2.88. The lowest BCUT2D eigenvalue weighted by atomic mass is 10.3. The van der Waals surface area contributed by atoms with Crippen molar-refractivity contribution in [3.05, 3.63) is 31.0 Å². The number of fused-ring (bicyclic) bond motifs is 1. The fourth-order valence-corrected chi connectivity index (χ4v) is 2.30. The van der Waals surface area contributed by atoms with Gasteiger partial charge < -0.3 is 5.32 Å². The first-order valence-electron chi connectivity index (χ1n) is 7.05. The number of nitriles is 1. The Morgan fingerprint density at radius 3 is 3.05 bits per heavy atom. The highest BCUT2D eigenvalue weighted by molar-refractivity contribution is 5.86. The zero-order valence-electron chi connectivity index (χ0n) is 12.2. The summed E-state index contributed by atoms with van der Waals surface area (Å²) in [4.78, 5) is 8.56. The number of anilines is 1. The van der Waals surface area contributed by atoms with E-state index in [4.69, 9.17) is 5.26 Å². The van der Waals surface area contributed by atoms with Crippen LogP contribution in [0.1, 0.15) is 13.3 Å². The monoisotopic (exact) mass is 296 g/mol. The van der Waals surface area contributed by atoms with Gasteiger partial charge in [0.2, 0.25) is 0 Å². The molecule has 3 aromatic rings. The number of nitrogens with one attached hydrogen (secondary N) is 1. The number of hydrogen-bond donors (Lipinski definition) is 1. The minimum atomic E-state index is 0.153. The second-order valence-corrected chi connectivity index (χ2v) is 5.01. The molecular formula is C14H16N8. The van der Waals surface area contributed by atoms with Gasteiger partial charge in [-0.3, -0.25) is 4.68 Å². The minimum Gasteiger partial charge on any atom is -0.365 e. The Kier molecular flexibility index (Phi) is 3.96. The van der Waals surface area contributed by atoms with Crippen LogP contribution in [0.25, 0.3) is 11.0 Å². The number of aromatic nitrogens is 6. The average Bonchev–Trinajstić information content (AvgIpc) is 3.15. The van der Waals surface area contributed by atoms with Crippen molar-refractivity contribution in [2.75, 3.05) is 5.32 Å². The molecule has 0 saturated carbocycles. The second-order valence-electron chi connectivity index (χ2n) is 5.01. The summed E-state index contributed by atoms with van der Waals surface area (Å²) in [5.74, 6) is 0.743. The zero-order chi connectivity index (χ0) is 15.4. The molecule has 3 aromatic heterocycles. The molecule has 0 aliphatic rings. The largest absolute Gasteiger partial charge is 0.365 e. The van der Waals surface area contributed by atoms with Gasteiger partial charge in [-0.05, 0) is 13.0 Å². The van der Waals surface area contributed by atoms with E-state index in [1.165, 1.54) is 6.33 Å². The van der Waals surface area contributed by atoms with Crippen LogP contribution in [0.4, 0.5) is 5.82 Å². The molecule has 0 saturated heterocycles. The molecule has 0 radical (unpaired) electrons. The first-order chi connectivity index (χ1) is 10.8. The minimum absolute atomic E-state index is 0.153. The van der Waals surface area contributed by atoms with Gasteiger partial charge in [-0.2, -0.15) is 15.5 Å². The van der Waals surface area contributed by atoms with Crippen LogP contribution in [0.3, 0.4) is 0 Å². The van der Waals surface area contributed by atoms with Crippen molar-refractivity contribution in [2.45, 2.75) is 32.5 Å². The molecule has 0 aliphatic carbocycles. The Bertz CT molecular complexity index is 783. The normalized spacial score (nSPS) is 12.2. The molecule has 22 heavy (non-hydrogen) atoms. The molecule has 0 aromatic carbocycles. The molecule has 0 bridgehead atoms. The summed E-state index contributed by atoms with van der Waals surface area (Å²) in [5, 5.41) is 21.4.